The van der Waals surface area contributed by atoms with Gasteiger partial charge in [-0.15, -0.1) is 0 Å². The molecular weight excluding hydrogens is 172 g/mol. The van der Waals surface area contributed by atoms with E-state index in [9.17, 15) is 9.90 Å². The van der Waals surface area contributed by atoms with Crippen molar-refractivity contribution < 1.29 is 19.4 Å². The molecule has 0 aromatic carbocycles. The van der Waals surface area contributed by atoms with Crippen LogP contribution in [-0.4, -0.2) is 36.5 Å². The maximum atomic E-state index is 11.0. The van der Waals surface area contributed by atoms with Gasteiger partial charge in [-0.05, 0) is 20.8 Å². The quantitative estimate of drug-likeness (QED) is 0.649. The van der Waals surface area contributed by atoms with Crippen LogP contribution in [0.4, 0.5) is 0 Å². The number of esters is 1. The first-order valence-electron chi connectivity index (χ1n) is 4.33. The smallest absolute Gasteiger partial charge is 0.335 e. The van der Waals surface area contributed by atoms with E-state index in [4.69, 9.17) is 4.74 Å². The molecule has 0 aromatic rings. The van der Waals surface area contributed by atoms with E-state index in [1.54, 1.807) is 20.8 Å². The largest absolute Gasteiger partial charge is 0.464 e. The van der Waals surface area contributed by atoms with E-state index in [1.165, 1.54) is 7.11 Å². The van der Waals surface area contributed by atoms with Gasteiger partial charge in [-0.25, -0.2) is 4.79 Å². The monoisotopic (exact) mass is 190 g/mol. The zero-order valence-corrected chi connectivity index (χ0v) is 8.66. The average Bonchev–Trinajstić information content (AvgIpc) is 2.04. The van der Waals surface area contributed by atoms with Crippen molar-refractivity contribution in [3.63, 3.8) is 0 Å². The zero-order chi connectivity index (χ0) is 10.5. The molecule has 0 fully saturated rings. The van der Waals surface area contributed by atoms with E-state index >= 15 is 0 Å². The molecule has 0 saturated heterocycles. The maximum absolute atomic E-state index is 11.0. The molecule has 13 heavy (non-hydrogen) atoms. The van der Waals surface area contributed by atoms with E-state index in [0.29, 0.717) is 0 Å². The number of hydrogen-bond donors (Lipinski definition) is 1. The molecular formula is C9H18O4. The molecule has 0 aliphatic carbocycles. The van der Waals surface area contributed by atoms with Crippen LogP contribution >= 0.6 is 0 Å². The van der Waals surface area contributed by atoms with Gasteiger partial charge in [0.25, 0.3) is 0 Å². The van der Waals surface area contributed by atoms with Crippen molar-refractivity contribution in [2.24, 2.45) is 0 Å². The van der Waals surface area contributed by atoms with Gasteiger partial charge in [0.05, 0.1) is 12.2 Å². The maximum Gasteiger partial charge on any atom is 0.335 e. The fourth-order valence-corrected chi connectivity index (χ4v) is 0.871. The first-order chi connectivity index (χ1) is 5.93. The number of carbonyl (C=O) groups excluding carboxylic acids is 1. The number of aliphatic hydroxyl groups is 1. The van der Waals surface area contributed by atoms with Gasteiger partial charge in [-0.3, -0.25) is 0 Å². The van der Waals surface area contributed by atoms with Crippen molar-refractivity contribution in [3.8, 4) is 0 Å². The summed E-state index contributed by atoms with van der Waals surface area (Å²) < 4.78 is 9.72. The van der Waals surface area contributed by atoms with Gasteiger partial charge in [0, 0.05) is 13.5 Å². The van der Waals surface area contributed by atoms with Crippen LogP contribution in [0.1, 0.15) is 27.2 Å². The minimum atomic E-state index is -1.10. The number of aliphatic hydroxyl groups excluding tert-OH is 1. The van der Waals surface area contributed by atoms with E-state index in [2.05, 4.69) is 4.74 Å². The zero-order valence-electron chi connectivity index (χ0n) is 8.66. The summed E-state index contributed by atoms with van der Waals surface area (Å²) in [6.07, 6.45) is -0.864. The summed E-state index contributed by atoms with van der Waals surface area (Å²) in [4.78, 5) is 11.0. The van der Waals surface area contributed by atoms with E-state index in [-0.39, 0.29) is 13.0 Å². The molecule has 0 aliphatic heterocycles. The van der Waals surface area contributed by atoms with E-state index in [0.717, 1.165) is 0 Å². The summed E-state index contributed by atoms with van der Waals surface area (Å²) in [5, 5.41) is 9.36. The molecule has 0 aromatic heterocycles. The molecule has 1 unspecified atom stereocenters. The second-order valence-electron chi connectivity index (χ2n) is 3.44. The summed E-state index contributed by atoms with van der Waals surface area (Å²) in [6, 6.07) is 0. The minimum absolute atomic E-state index is 0.238. The van der Waals surface area contributed by atoms with Crippen LogP contribution in [0.2, 0.25) is 0 Å². The van der Waals surface area contributed by atoms with Crippen molar-refractivity contribution in [3.05, 3.63) is 0 Å². The molecule has 4 nitrogen and oxygen atoms in total. The lowest BCUT2D eigenvalue weighted by atomic mass is 10.0. The second-order valence-corrected chi connectivity index (χ2v) is 3.44. The topological polar surface area (TPSA) is 55.8 Å². The Labute approximate surface area is 78.8 Å². The van der Waals surface area contributed by atoms with Gasteiger partial charge in [-0.1, -0.05) is 0 Å². The highest BCUT2D eigenvalue weighted by atomic mass is 16.5. The van der Waals surface area contributed by atoms with Gasteiger partial charge in [0.1, 0.15) is 0 Å². The normalized spacial score (nSPS) is 13.9. The van der Waals surface area contributed by atoms with Crippen LogP contribution in [0, 0.1) is 0 Å². The molecule has 1 atom stereocenters. The highest BCUT2D eigenvalue weighted by molar-refractivity contribution is 5.74. The Morgan fingerprint density at radius 2 is 2.08 bits per heavy atom. The Hall–Kier alpha value is -0.610. The third kappa shape index (κ3) is 4.85. The molecule has 4 heteroatoms. The Morgan fingerprint density at radius 1 is 1.54 bits per heavy atom. The third-order valence-corrected chi connectivity index (χ3v) is 1.80. The number of methoxy groups -OCH3 is 1. The molecule has 0 spiro atoms. The Bertz CT molecular complexity index is 165. The van der Waals surface area contributed by atoms with Crippen molar-refractivity contribution in [2.45, 2.75) is 38.9 Å². The van der Waals surface area contributed by atoms with Crippen LogP contribution in [0.5, 0.6) is 0 Å². The fraction of sp³-hybridized carbons (Fsp3) is 0.889. The van der Waals surface area contributed by atoms with Crippen molar-refractivity contribution >= 4 is 5.97 Å². The summed E-state index contributed by atoms with van der Waals surface area (Å²) in [7, 11) is 1.54. The minimum Gasteiger partial charge on any atom is -0.464 e. The lowest BCUT2D eigenvalue weighted by molar-refractivity contribution is -0.156. The van der Waals surface area contributed by atoms with Crippen LogP contribution in [0.25, 0.3) is 0 Å². The van der Waals surface area contributed by atoms with Crippen LogP contribution in [-0.2, 0) is 14.3 Å². The van der Waals surface area contributed by atoms with E-state index in [1.807, 2.05) is 0 Å². The standard InChI is InChI=1S/C9H18O4/c1-5-13-8(11)7(10)6-9(2,3)12-4/h7,10H,5-6H2,1-4H3. The summed E-state index contributed by atoms with van der Waals surface area (Å²) in [6.45, 7) is 5.58. The predicted octanol–water partition coefficient (Wildman–Crippen LogP) is 0.725. The Morgan fingerprint density at radius 3 is 2.46 bits per heavy atom. The Kier molecular flexibility index (Phi) is 4.95. The summed E-state index contributed by atoms with van der Waals surface area (Å²) >= 11 is 0. The highest BCUT2D eigenvalue weighted by Crippen LogP contribution is 2.16. The van der Waals surface area contributed by atoms with Gasteiger partial charge in [0.2, 0.25) is 0 Å². The van der Waals surface area contributed by atoms with Gasteiger partial charge >= 0.3 is 5.97 Å². The van der Waals surface area contributed by atoms with Crippen LogP contribution in [0.15, 0.2) is 0 Å². The number of ether oxygens (including phenoxy) is 2. The van der Waals surface area contributed by atoms with E-state index < -0.39 is 17.7 Å². The van der Waals surface area contributed by atoms with Crippen molar-refractivity contribution in [1.29, 1.82) is 0 Å². The lowest BCUT2D eigenvalue weighted by Crippen LogP contribution is -2.34. The third-order valence-electron chi connectivity index (χ3n) is 1.80. The van der Waals surface area contributed by atoms with Gasteiger partial charge < -0.3 is 14.6 Å². The van der Waals surface area contributed by atoms with Crippen molar-refractivity contribution in [2.75, 3.05) is 13.7 Å². The average molecular weight is 190 g/mol. The summed E-state index contributed by atoms with van der Waals surface area (Å²) in [5.41, 5.74) is -0.508. The number of hydrogen-bond acceptors (Lipinski definition) is 4. The number of rotatable bonds is 5. The van der Waals surface area contributed by atoms with Gasteiger partial charge in [-0.2, -0.15) is 0 Å². The molecule has 0 bridgehead atoms. The number of carbonyl (C=O) groups is 1. The first kappa shape index (κ1) is 12.4. The second kappa shape index (κ2) is 5.19. The highest BCUT2D eigenvalue weighted by Gasteiger charge is 2.26. The van der Waals surface area contributed by atoms with Crippen LogP contribution in [0.3, 0.4) is 0 Å². The molecule has 0 heterocycles. The molecule has 0 saturated carbocycles. The predicted molar refractivity (Wildman–Crippen MR) is 48.3 cm³/mol. The molecule has 78 valence electrons. The fourth-order valence-electron chi connectivity index (χ4n) is 0.871. The molecule has 0 rings (SSSR count). The van der Waals surface area contributed by atoms with Crippen LogP contribution < -0.4 is 0 Å². The summed E-state index contributed by atoms with van der Waals surface area (Å²) in [5.74, 6) is -0.590. The lowest BCUT2D eigenvalue weighted by Gasteiger charge is -2.24. The SMILES string of the molecule is CCOC(=O)C(O)CC(C)(C)OC. The first-order valence-corrected chi connectivity index (χ1v) is 4.33. The molecule has 0 aliphatic rings. The van der Waals surface area contributed by atoms with Crippen molar-refractivity contribution in [1.82, 2.24) is 0 Å². The van der Waals surface area contributed by atoms with Gasteiger partial charge in [0.15, 0.2) is 6.10 Å². The molecule has 0 amide bonds. The Balaban J connectivity index is 3.99. The molecule has 0 radical (unpaired) electrons. The molecule has 1 N–H and O–H groups in total.